The lowest BCUT2D eigenvalue weighted by Crippen LogP contribution is -2.45. The average Bonchev–Trinajstić information content (AvgIpc) is 2.51. The second kappa shape index (κ2) is 9.25. The van der Waals surface area contributed by atoms with E-state index >= 15 is 0 Å². The van der Waals surface area contributed by atoms with Crippen molar-refractivity contribution in [3.63, 3.8) is 0 Å². The summed E-state index contributed by atoms with van der Waals surface area (Å²) in [5, 5.41) is 3.47. The summed E-state index contributed by atoms with van der Waals surface area (Å²) in [6, 6.07) is 8.70. The summed E-state index contributed by atoms with van der Waals surface area (Å²) in [5.74, 6) is 1.02. The van der Waals surface area contributed by atoms with Gasteiger partial charge in [-0.15, -0.1) is 24.0 Å². The minimum atomic E-state index is 0. The highest BCUT2D eigenvalue weighted by molar-refractivity contribution is 14.0. The van der Waals surface area contributed by atoms with Crippen LogP contribution < -0.4 is 5.32 Å². The van der Waals surface area contributed by atoms with Crippen LogP contribution in [0.5, 0.6) is 0 Å². The largest absolute Gasteiger partial charge is 0.355 e. The fourth-order valence-corrected chi connectivity index (χ4v) is 2.53. The highest BCUT2D eigenvalue weighted by atomic mass is 127. The molecule has 0 amide bonds. The van der Waals surface area contributed by atoms with Crippen molar-refractivity contribution in [3.05, 3.63) is 35.4 Å². The minimum absolute atomic E-state index is 0. The Morgan fingerprint density at radius 3 is 2.71 bits per heavy atom. The fourth-order valence-electron chi connectivity index (χ4n) is 2.53. The molecule has 0 aliphatic carbocycles. The molecule has 0 fully saturated rings. The second-order valence-electron chi connectivity index (χ2n) is 5.31. The number of guanidine groups is 1. The van der Waals surface area contributed by atoms with Gasteiger partial charge in [0, 0.05) is 33.2 Å². The number of likely N-dealkylation sites (N-methyl/N-ethyl adjacent to an activating group) is 1. The number of hydrogen-bond acceptors (Lipinski definition) is 2. The zero-order valence-electron chi connectivity index (χ0n) is 13.3. The lowest BCUT2D eigenvalue weighted by atomic mass is 10.0. The molecule has 1 aliphatic heterocycles. The Hall–Kier alpha value is -0.820. The topological polar surface area (TPSA) is 30.9 Å². The molecule has 2 rings (SSSR count). The highest BCUT2D eigenvalue weighted by Crippen LogP contribution is 2.18. The summed E-state index contributed by atoms with van der Waals surface area (Å²) in [4.78, 5) is 9.06. The zero-order valence-corrected chi connectivity index (χ0v) is 15.6. The van der Waals surface area contributed by atoms with Crippen molar-refractivity contribution in [2.45, 2.75) is 19.9 Å². The molecule has 4 nitrogen and oxygen atoms in total. The van der Waals surface area contributed by atoms with Gasteiger partial charge in [-0.2, -0.15) is 0 Å². The summed E-state index contributed by atoms with van der Waals surface area (Å²) in [6.07, 6.45) is 1.10. The summed E-state index contributed by atoms with van der Waals surface area (Å²) >= 11 is 0. The van der Waals surface area contributed by atoms with Crippen LogP contribution in [0.25, 0.3) is 0 Å². The third-order valence-corrected chi connectivity index (χ3v) is 3.96. The number of nitrogens with one attached hydrogen (secondary N) is 1. The van der Waals surface area contributed by atoms with E-state index in [-0.39, 0.29) is 24.0 Å². The molecule has 1 N–H and O–H groups in total. The van der Waals surface area contributed by atoms with E-state index in [0.717, 1.165) is 45.1 Å². The standard InChI is InChI=1S/C16H26N4.HI/c1-4-19(3)12-10-18-16(17-2)20-11-9-14-7-5-6-8-15(14)13-20;/h5-8H,4,9-13H2,1-3H3,(H,17,18);1H. The third-order valence-electron chi connectivity index (χ3n) is 3.96. The molecular weight excluding hydrogens is 375 g/mol. The van der Waals surface area contributed by atoms with E-state index in [0.29, 0.717) is 0 Å². The Balaban J connectivity index is 0.00000220. The Morgan fingerprint density at radius 2 is 2.05 bits per heavy atom. The maximum absolute atomic E-state index is 4.42. The summed E-state index contributed by atoms with van der Waals surface area (Å²) in [6.45, 7) is 7.24. The molecule has 0 unspecified atom stereocenters. The van der Waals surface area contributed by atoms with Gasteiger partial charge in [0.25, 0.3) is 0 Å². The number of benzene rings is 1. The molecule has 0 spiro atoms. The van der Waals surface area contributed by atoms with E-state index in [9.17, 15) is 0 Å². The number of fused-ring (bicyclic) bond motifs is 1. The second-order valence-corrected chi connectivity index (χ2v) is 5.31. The first-order valence-corrected chi connectivity index (χ1v) is 7.45. The van der Waals surface area contributed by atoms with E-state index in [4.69, 9.17) is 0 Å². The van der Waals surface area contributed by atoms with Crippen LogP contribution in [0.4, 0.5) is 0 Å². The first-order chi connectivity index (χ1) is 9.74. The van der Waals surface area contributed by atoms with Gasteiger partial charge < -0.3 is 15.1 Å². The Morgan fingerprint density at radius 1 is 1.33 bits per heavy atom. The van der Waals surface area contributed by atoms with Crippen LogP contribution in [0.15, 0.2) is 29.3 Å². The Kier molecular flexibility index (Phi) is 8.03. The number of rotatable bonds is 4. The first-order valence-electron chi connectivity index (χ1n) is 7.45. The molecule has 0 atom stereocenters. The van der Waals surface area contributed by atoms with E-state index in [1.165, 1.54) is 11.1 Å². The van der Waals surface area contributed by atoms with Crippen LogP contribution in [0.3, 0.4) is 0 Å². The summed E-state index contributed by atoms with van der Waals surface area (Å²) in [5.41, 5.74) is 2.90. The van der Waals surface area contributed by atoms with Crippen LogP contribution in [0.2, 0.25) is 0 Å². The normalized spacial score (nSPS) is 14.7. The smallest absolute Gasteiger partial charge is 0.194 e. The fraction of sp³-hybridized carbons (Fsp3) is 0.562. The number of nitrogens with zero attached hydrogens (tertiary/aromatic N) is 3. The SMILES string of the molecule is CCN(C)CCNC(=NC)N1CCc2ccccc2C1.I. The van der Waals surface area contributed by atoms with Crippen LogP contribution >= 0.6 is 24.0 Å². The van der Waals surface area contributed by atoms with Crippen LogP contribution in [0, 0.1) is 0 Å². The predicted octanol–water partition coefficient (Wildman–Crippen LogP) is 2.19. The molecule has 5 heteroatoms. The third kappa shape index (κ3) is 5.14. The summed E-state index contributed by atoms with van der Waals surface area (Å²) < 4.78 is 0. The number of hydrogen-bond donors (Lipinski definition) is 1. The van der Waals surface area contributed by atoms with Crippen LogP contribution in [-0.4, -0.2) is 56.0 Å². The molecule has 118 valence electrons. The molecule has 21 heavy (non-hydrogen) atoms. The molecule has 0 aromatic heterocycles. The molecule has 1 heterocycles. The maximum atomic E-state index is 4.42. The van der Waals surface area contributed by atoms with Crippen LogP contribution in [-0.2, 0) is 13.0 Å². The molecule has 0 radical (unpaired) electrons. The lowest BCUT2D eigenvalue weighted by Gasteiger charge is -2.32. The van der Waals surface area contributed by atoms with E-state index < -0.39 is 0 Å². The predicted molar refractivity (Wildman–Crippen MR) is 101 cm³/mol. The van der Waals surface area contributed by atoms with Crippen molar-refractivity contribution in [2.24, 2.45) is 4.99 Å². The zero-order chi connectivity index (χ0) is 14.4. The molecule has 1 aromatic carbocycles. The first kappa shape index (κ1) is 18.2. The van der Waals surface area contributed by atoms with Crippen molar-refractivity contribution in [3.8, 4) is 0 Å². The Bertz CT molecular complexity index is 461. The van der Waals surface area contributed by atoms with Gasteiger partial charge in [0.05, 0.1) is 0 Å². The molecule has 1 aliphatic rings. The molecule has 0 saturated heterocycles. The van der Waals surface area contributed by atoms with Gasteiger partial charge in [-0.25, -0.2) is 0 Å². The van der Waals surface area contributed by atoms with Gasteiger partial charge in [-0.05, 0) is 31.1 Å². The van der Waals surface area contributed by atoms with Gasteiger partial charge in [0.2, 0.25) is 0 Å². The molecule has 1 aromatic rings. The van der Waals surface area contributed by atoms with Crippen LogP contribution in [0.1, 0.15) is 18.1 Å². The van der Waals surface area contributed by atoms with Crippen molar-refractivity contribution in [2.75, 3.05) is 40.3 Å². The Labute approximate surface area is 145 Å². The van der Waals surface area contributed by atoms with Gasteiger partial charge in [0.15, 0.2) is 5.96 Å². The van der Waals surface area contributed by atoms with Crippen molar-refractivity contribution in [1.29, 1.82) is 0 Å². The van der Waals surface area contributed by atoms with Crippen molar-refractivity contribution < 1.29 is 0 Å². The molecule has 0 saturated carbocycles. The van der Waals surface area contributed by atoms with Gasteiger partial charge in [-0.3, -0.25) is 4.99 Å². The highest BCUT2D eigenvalue weighted by Gasteiger charge is 2.18. The van der Waals surface area contributed by atoms with Crippen molar-refractivity contribution >= 4 is 29.9 Å². The van der Waals surface area contributed by atoms with Crippen molar-refractivity contribution in [1.82, 2.24) is 15.1 Å². The van der Waals surface area contributed by atoms with E-state index in [2.05, 4.69) is 58.3 Å². The maximum Gasteiger partial charge on any atom is 0.194 e. The lowest BCUT2D eigenvalue weighted by molar-refractivity contribution is 0.345. The summed E-state index contributed by atoms with van der Waals surface area (Å²) in [7, 11) is 4.01. The quantitative estimate of drug-likeness (QED) is 0.476. The monoisotopic (exact) mass is 402 g/mol. The van der Waals surface area contributed by atoms with E-state index in [1.54, 1.807) is 0 Å². The minimum Gasteiger partial charge on any atom is -0.355 e. The van der Waals surface area contributed by atoms with E-state index in [1.807, 2.05) is 7.05 Å². The van der Waals surface area contributed by atoms with Gasteiger partial charge >= 0.3 is 0 Å². The van der Waals surface area contributed by atoms with Gasteiger partial charge in [-0.1, -0.05) is 31.2 Å². The molecular formula is C16H27IN4. The van der Waals surface area contributed by atoms with Gasteiger partial charge in [0.1, 0.15) is 0 Å². The number of halogens is 1. The number of aliphatic imine (C=N–C) groups is 1. The average molecular weight is 402 g/mol. The molecule has 0 bridgehead atoms.